The minimum absolute atomic E-state index is 0.155. The number of nitrogens with one attached hydrogen (secondary N) is 1. The van der Waals surface area contributed by atoms with Crippen LogP contribution in [0.25, 0.3) is 0 Å². The lowest BCUT2D eigenvalue weighted by Crippen LogP contribution is -2.40. The molecule has 1 aromatic heterocycles. The van der Waals surface area contributed by atoms with Crippen LogP contribution < -0.4 is 19.9 Å². The number of sulfonamides is 1. The lowest BCUT2D eigenvalue weighted by atomic mass is 10.3. The SMILES string of the molecule is COc1nn(C(=S)NS(=O)(=O)c2ccccc2OC(F)(F)F)c(=O)n1C. The third-order valence-electron chi connectivity index (χ3n) is 2.90. The Kier molecular flexibility index (Phi) is 5.27. The first-order chi connectivity index (χ1) is 12.0. The van der Waals surface area contributed by atoms with Crippen LogP contribution in [0.5, 0.6) is 11.8 Å². The van der Waals surface area contributed by atoms with Crippen molar-refractivity contribution in [2.75, 3.05) is 7.11 Å². The molecule has 9 nitrogen and oxygen atoms in total. The zero-order chi connectivity index (χ0) is 19.7. The highest BCUT2D eigenvalue weighted by Crippen LogP contribution is 2.29. The quantitative estimate of drug-likeness (QED) is 0.734. The number of thiocarbonyl (C=S) groups is 1. The van der Waals surface area contributed by atoms with Crippen molar-refractivity contribution in [2.24, 2.45) is 7.05 Å². The van der Waals surface area contributed by atoms with Gasteiger partial charge in [-0.1, -0.05) is 12.1 Å². The molecule has 1 aromatic carbocycles. The Morgan fingerprint density at radius 2 is 1.92 bits per heavy atom. The molecular formula is C12H11F3N4O5S2. The largest absolute Gasteiger partial charge is 0.573 e. The third-order valence-corrected chi connectivity index (χ3v) is 4.68. The summed E-state index contributed by atoms with van der Waals surface area (Å²) >= 11 is 4.81. The zero-order valence-corrected chi connectivity index (χ0v) is 14.8. The second kappa shape index (κ2) is 6.95. The normalized spacial score (nSPS) is 11.9. The number of nitrogens with zero attached hydrogens (tertiary/aromatic N) is 3. The van der Waals surface area contributed by atoms with Crippen LogP contribution in [-0.4, -0.2) is 41.3 Å². The van der Waals surface area contributed by atoms with E-state index in [4.69, 9.17) is 17.0 Å². The molecule has 0 aliphatic rings. The molecule has 0 fully saturated rings. The molecule has 0 atom stereocenters. The minimum Gasteiger partial charge on any atom is -0.467 e. The van der Waals surface area contributed by atoms with E-state index in [-0.39, 0.29) is 6.01 Å². The van der Waals surface area contributed by atoms with E-state index in [1.165, 1.54) is 20.2 Å². The lowest BCUT2D eigenvalue weighted by molar-refractivity contribution is -0.275. The number of alkyl halides is 3. The maximum absolute atomic E-state index is 12.4. The third kappa shape index (κ3) is 4.13. The van der Waals surface area contributed by atoms with Gasteiger partial charge in [0.2, 0.25) is 5.11 Å². The Morgan fingerprint density at radius 1 is 1.31 bits per heavy atom. The van der Waals surface area contributed by atoms with Crippen LogP contribution in [0.4, 0.5) is 13.2 Å². The summed E-state index contributed by atoms with van der Waals surface area (Å²) in [6.07, 6.45) is -5.10. The number of rotatable bonds is 4. The fourth-order valence-corrected chi connectivity index (χ4v) is 3.33. The maximum atomic E-state index is 12.4. The molecule has 0 saturated heterocycles. The molecule has 0 aliphatic heterocycles. The Hall–Kier alpha value is -2.61. The number of aromatic nitrogens is 3. The number of benzene rings is 1. The molecule has 0 saturated carbocycles. The van der Waals surface area contributed by atoms with Gasteiger partial charge in [-0.3, -0.25) is 4.72 Å². The fourth-order valence-electron chi connectivity index (χ4n) is 1.82. The van der Waals surface area contributed by atoms with Crippen molar-refractivity contribution < 1.29 is 31.1 Å². The maximum Gasteiger partial charge on any atom is 0.573 e. The van der Waals surface area contributed by atoms with E-state index in [0.29, 0.717) is 4.68 Å². The van der Waals surface area contributed by atoms with Crippen LogP contribution in [0, 0.1) is 0 Å². The van der Waals surface area contributed by atoms with Gasteiger partial charge in [-0.15, -0.1) is 23.0 Å². The van der Waals surface area contributed by atoms with Crippen molar-refractivity contribution >= 4 is 27.4 Å². The smallest absolute Gasteiger partial charge is 0.467 e. The van der Waals surface area contributed by atoms with Gasteiger partial charge >= 0.3 is 18.1 Å². The Balaban J connectivity index is 2.38. The van der Waals surface area contributed by atoms with Crippen LogP contribution >= 0.6 is 12.2 Å². The lowest BCUT2D eigenvalue weighted by Gasteiger charge is -2.14. The standard InChI is InChI=1S/C12H11F3N4O5S2/c1-18-9(23-2)16-19(11(18)20)10(25)17-26(21,22)8-6-4-3-5-7(8)24-12(13,14)15/h3-6H,1-2H3,(H,17,25). The van der Waals surface area contributed by atoms with Crippen LogP contribution in [0.15, 0.2) is 34.0 Å². The first-order valence-corrected chi connectivity index (χ1v) is 8.47. The summed E-state index contributed by atoms with van der Waals surface area (Å²) in [6, 6.07) is 3.90. The number of hydrogen-bond donors (Lipinski definition) is 1. The van der Waals surface area contributed by atoms with Gasteiger partial charge in [0, 0.05) is 7.05 Å². The summed E-state index contributed by atoms with van der Waals surface area (Å²) < 4.78 is 73.8. The highest BCUT2D eigenvalue weighted by atomic mass is 32.2. The van der Waals surface area contributed by atoms with Crippen molar-refractivity contribution in [1.82, 2.24) is 19.1 Å². The average Bonchev–Trinajstić information content (AvgIpc) is 2.81. The molecule has 2 aromatic rings. The summed E-state index contributed by atoms with van der Waals surface area (Å²) in [6.45, 7) is 0. The van der Waals surface area contributed by atoms with E-state index >= 15 is 0 Å². The molecule has 0 spiro atoms. The van der Waals surface area contributed by atoms with E-state index in [1.54, 1.807) is 0 Å². The van der Waals surface area contributed by atoms with Crippen LogP contribution in [0.1, 0.15) is 0 Å². The summed E-state index contributed by atoms with van der Waals surface area (Å²) in [5.74, 6) is -0.957. The molecule has 0 radical (unpaired) electrons. The van der Waals surface area contributed by atoms with Gasteiger partial charge in [-0.2, -0.15) is 0 Å². The van der Waals surface area contributed by atoms with Crippen molar-refractivity contribution in [2.45, 2.75) is 11.3 Å². The van der Waals surface area contributed by atoms with Gasteiger partial charge < -0.3 is 9.47 Å². The molecule has 26 heavy (non-hydrogen) atoms. The minimum atomic E-state index is -5.10. The molecule has 1 heterocycles. The monoisotopic (exact) mass is 412 g/mol. The van der Waals surface area contributed by atoms with Crippen LogP contribution in [0.2, 0.25) is 0 Å². The molecule has 0 unspecified atom stereocenters. The van der Waals surface area contributed by atoms with E-state index < -0.39 is 37.8 Å². The predicted octanol–water partition coefficient (Wildman–Crippen LogP) is 0.600. The van der Waals surface area contributed by atoms with Gasteiger partial charge in [-0.05, 0) is 24.4 Å². The second-order valence-corrected chi connectivity index (χ2v) is 6.68. The van der Waals surface area contributed by atoms with E-state index in [9.17, 15) is 26.4 Å². The molecule has 14 heteroatoms. The van der Waals surface area contributed by atoms with Gasteiger partial charge in [-0.25, -0.2) is 17.8 Å². The summed E-state index contributed by atoms with van der Waals surface area (Å²) in [7, 11) is -2.08. The molecule has 0 bridgehead atoms. The predicted molar refractivity (Wildman–Crippen MR) is 85.5 cm³/mol. The highest BCUT2D eigenvalue weighted by molar-refractivity contribution is 7.92. The van der Waals surface area contributed by atoms with Crippen molar-refractivity contribution in [3.63, 3.8) is 0 Å². The molecular weight excluding hydrogens is 401 g/mol. The van der Waals surface area contributed by atoms with E-state index in [2.05, 4.69) is 9.84 Å². The first-order valence-electron chi connectivity index (χ1n) is 6.58. The Morgan fingerprint density at radius 3 is 2.46 bits per heavy atom. The van der Waals surface area contributed by atoms with Gasteiger partial charge in [0.05, 0.1) is 7.11 Å². The van der Waals surface area contributed by atoms with Crippen LogP contribution in [-0.2, 0) is 17.1 Å². The number of para-hydroxylation sites is 1. The summed E-state index contributed by atoms with van der Waals surface area (Å²) in [5, 5.41) is 2.97. The summed E-state index contributed by atoms with van der Waals surface area (Å²) in [5.41, 5.74) is -0.825. The van der Waals surface area contributed by atoms with Gasteiger partial charge in [0.25, 0.3) is 10.0 Å². The molecule has 0 aliphatic carbocycles. The van der Waals surface area contributed by atoms with Crippen molar-refractivity contribution in [1.29, 1.82) is 0 Å². The second-order valence-electron chi connectivity index (χ2n) is 4.65. The zero-order valence-electron chi connectivity index (χ0n) is 13.1. The molecule has 1 N–H and O–H groups in total. The fraction of sp³-hybridized carbons (Fsp3) is 0.250. The topological polar surface area (TPSA) is 104 Å². The highest BCUT2D eigenvalue weighted by Gasteiger charge is 2.34. The Labute approximate surface area is 150 Å². The van der Waals surface area contributed by atoms with Crippen LogP contribution in [0.3, 0.4) is 0 Å². The van der Waals surface area contributed by atoms with Crippen molar-refractivity contribution in [3.8, 4) is 11.8 Å². The average molecular weight is 412 g/mol. The van der Waals surface area contributed by atoms with Crippen molar-refractivity contribution in [3.05, 3.63) is 34.7 Å². The first kappa shape index (κ1) is 19.7. The molecule has 0 amide bonds. The molecule has 2 rings (SSSR count). The number of hydrogen-bond acceptors (Lipinski definition) is 7. The number of halogens is 3. The summed E-state index contributed by atoms with van der Waals surface area (Å²) in [4.78, 5) is 11.1. The number of methoxy groups -OCH3 is 1. The number of ether oxygens (including phenoxy) is 2. The van der Waals surface area contributed by atoms with Gasteiger partial charge in [0.1, 0.15) is 10.6 Å². The Bertz CT molecular complexity index is 997. The van der Waals surface area contributed by atoms with Gasteiger partial charge in [0.15, 0.2) is 0 Å². The van der Waals surface area contributed by atoms with E-state index in [1.807, 2.05) is 4.72 Å². The molecule has 142 valence electrons. The van der Waals surface area contributed by atoms with E-state index in [0.717, 1.165) is 22.8 Å².